The van der Waals surface area contributed by atoms with Crippen molar-refractivity contribution in [3.63, 3.8) is 0 Å². The number of aliphatic hydroxyl groups is 1. The Kier molecular flexibility index (Phi) is 37.7. The van der Waals surface area contributed by atoms with E-state index in [2.05, 4.69) is 87.0 Å². The number of rotatable bonds is 19. The molecule has 0 saturated carbocycles. The number of isocyanates is 1. The van der Waals surface area contributed by atoms with Gasteiger partial charge in [0.05, 0.1) is 65.3 Å². The largest absolute Gasteiger partial charge is 0.488 e. The maximum Gasteiger partial charge on any atom is 0.488 e. The monoisotopic (exact) mass is 2190 g/mol. The molecule has 0 bridgehead atoms. The molecule has 43 nitrogen and oxygen atoms in total. The number of nitrogens with one attached hydrogen (secondary N) is 5. The number of hydrogen-bond donors (Lipinski definition) is 12. The third kappa shape index (κ3) is 33.4. The first-order valence-corrected chi connectivity index (χ1v) is 50.6. The van der Waals surface area contributed by atoms with E-state index in [-0.39, 0.29) is 66.3 Å². The molecular weight excluding hydrogens is 2110 g/mol. The van der Waals surface area contributed by atoms with Crippen LogP contribution in [0.3, 0.4) is 0 Å². The first-order chi connectivity index (χ1) is 62.6. The minimum absolute atomic E-state index is 0.0584. The molecule has 8 heterocycles. The minimum atomic E-state index is -4.70. The molecule has 11 aromatic rings. The highest BCUT2D eigenvalue weighted by molar-refractivity contribution is 9.10. The molecule has 2 amide bonds. The standard InChI is InChI=1S/C23H24BrF2N5O6S.C19H14F2N6O5S2.C18H15BrF2N4O2.C6H8BNO4S.C5H10ClNO4S.C4H10O.CClNO3S/c1-23(2,3)37-22(33)30-38(34,35)29-15-8-7-14(25)17(18(15)26)20(32)19-13-10-12(24)11-27-21(13)31(28-19)16-6-4-5-9-36-16;20-13-5-6-14(27-34(23,31)32)16(21)15(13)18(28)17-12-7-10(8-24-19(12)26-25-17)9-1-3-11(4-2-9)33(22,29)30;19-9-7-10-16(17(26)14-11(20)4-5-12(22)15(14)21)24-25(18(10)23-8-9)13-3-1-2-6-27-13;8-13(11,12)6-3-1-5(2-4-6)7(9)10;1-5(2,3)11-4(8)7-12(6,9)10;1-4(2,3)5;2-7(5,6)3-1-4/h7-8,10-11,16,29H,4-6,9H2,1-3H3,(H,30,33);1-8,27H,(H2,22,29,30)(H2,23,31,32)(H,24,25,26);4-5,7-8,13H,1-3,6,22H2;1-4,9-10H,(H2,8,11,12);1-3H3,(H,7,8);5H,1-3H3;. The van der Waals surface area contributed by atoms with E-state index in [1.807, 2.05) is 0 Å². The molecule has 2 unspecified atom stereocenters. The van der Waals surface area contributed by atoms with Crippen LogP contribution in [-0.4, -0.2) is 183 Å². The SMILES string of the molecule is CC(C)(C)O.CC(C)(C)OC(=O)NS(=O)(=O)Cl.CC(C)(C)OC(=O)NS(=O)(=O)Nc1ccc(F)c(C(=O)c2nn(C3CCCCO3)c3ncc(Br)cc23)c1F.NS(=O)(=O)Nc1ccc(F)c(C(=O)c2[nH]nc3ncc(-c4ccc(S(N)(=O)=O)cc4)cc23)c1F.NS(=O)(=O)c1ccc(B(O)O)cc1.Nc1ccc(F)c(C(=O)c2nn(C3CCCCO3)c3ncc(Br)cc23)c1F.O=C=NS(=O)(=O)Cl. The summed E-state index contributed by atoms with van der Waals surface area (Å²) in [7, 11) is -17.3. The molecule has 2 aliphatic heterocycles. The summed E-state index contributed by atoms with van der Waals surface area (Å²) in [5.74, 6) is -10.7. The Morgan fingerprint density at radius 2 is 0.971 bits per heavy atom. The van der Waals surface area contributed by atoms with Crippen molar-refractivity contribution < 1.29 is 140 Å². The zero-order valence-corrected chi connectivity index (χ0v) is 81.4. The number of pyridine rings is 3. The number of hydrogen-bond acceptors (Lipinski definition) is 32. The van der Waals surface area contributed by atoms with Crippen molar-refractivity contribution in [2.75, 3.05) is 28.4 Å². The fourth-order valence-electron chi connectivity index (χ4n) is 11.5. The number of sulfonamides is 2. The van der Waals surface area contributed by atoms with Gasteiger partial charge in [0.1, 0.15) is 45.7 Å². The molecule has 2 atom stereocenters. The number of halogens is 10. The van der Waals surface area contributed by atoms with Crippen LogP contribution in [0.4, 0.5) is 53.0 Å². The average molecular weight is 2190 g/mol. The number of fused-ring (bicyclic) bond motifs is 3. The number of ether oxygens (including phenoxy) is 4. The number of nitrogens with zero attached hydrogens (tertiary/aromatic N) is 9. The summed E-state index contributed by atoms with van der Waals surface area (Å²) in [4.78, 5) is 83.6. The van der Waals surface area contributed by atoms with Gasteiger partial charge in [0.15, 0.2) is 46.8 Å². The molecule has 16 N–H and O–H groups in total. The van der Waals surface area contributed by atoms with Gasteiger partial charge in [0.25, 0.3) is 16.3 Å². The Balaban J connectivity index is 0.000000236. The lowest BCUT2D eigenvalue weighted by molar-refractivity contribution is -0.0372. The Bertz CT molecular complexity index is 7140. The first kappa shape index (κ1) is 112. The van der Waals surface area contributed by atoms with Crippen LogP contribution in [0.1, 0.15) is 161 Å². The van der Waals surface area contributed by atoms with E-state index < -0.39 is 182 Å². The van der Waals surface area contributed by atoms with Crippen molar-refractivity contribution in [3.05, 3.63) is 199 Å². The summed E-state index contributed by atoms with van der Waals surface area (Å²) in [5, 5.41) is 56.2. The van der Waals surface area contributed by atoms with E-state index >= 15 is 4.39 Å². The highest BCUT2D eigenvalue weighted by Gasteiger charge is 2.35. The molecule has 0 radical (unpaired) electrons. The molecule has 136 heavy (non-hydrogen) atoms. The van der Waals surface area contributed by atoms with Gasteiger partial charge >= 0.3 is 48.0 Å². The van der Waals surface area contributed by atoms with E-state index in [1.165, 1.54) is 108 Å². The lowest BCUT2D eigenvalue weighted by Crippen LogP contribution is -2.39. The Morgan fingerprint density at radius 3 is 1.35 bits per heavy atom. The molecule has 0 spiro atoms. The van der Waals surface area contributed by atoms with Crippen molar-refractivity contribution in [2.24, 2.45) is 19.8 Å². The molecule has 2 saturated heterocycles. The van der Waals surface area contributed by atoms with E-state index in [0.717, 1.165) is 62.1 Å². The lowest BCUT2D eigenvalue weighted by Gasteiger charge is -2.22. The number of carbonyl (C=O) groups is 5. The third-order valence-corrected chi connectivity index (χ3v) is 22.1. The summed E-state index contributed by atoms with van der Waals surface area (Å²) in [6.45, 7) is 15.6. The average Bonchev–Trinajstić information content (AvgIpc) is 1.61. The van der Waals surface area contributed by atoms with Crippen LogP contribution in [0.15, 0.2) is 145 Å². The molecule has 13 rings (SSSR count). The number of amides is 2. The van der Waals surface area contributed by atoms with E-state index in [0.29, 0.717) is 63.2 Å². The molecule has 5 aromatic carbocycles. The van der Waals surface area contributed by atoms with Crippen LogP contribution in [-0.2, 0) is 82.7 Å². The second-order valence-electron chi connectivity index (χ2n) is 31.1. The maximum atomic E-state index is 15.4. The number of aromatic nitrogens is 9. The number of anilines is 3. The molecule has 2 aliphatic rings. The van der Waals surface area contributed by atoms with Crippen LogP contribution in [0.25, 0.3) is 44.2 Å². The zero-order chi connectivity index (χ0) is 102. The van der Waals surface area contributed by atoms with E-state index in [1.54, 1.807) is 68.0 Å². The van der Waals surface area contributed by atoms with Gasteiger partial charge in [-0.1, -0.05) is 28.7 Å². The highest BCUT2D eigenvalue weighted by Crippen LogP contribution is 2.36. The fraction of sp³-hybridized carbons (Fsp3) is 0.289. The van der Waals surface area contributed by atoms with Crippen molar-refractivity contribution >= 4 is 211 Å². The topological polar surface area (TPSA) is 672 Å². The normalized spacial score (nSPS) is 14.2. The smallest absolute Gasteiger partial charge is 0.443 e. The fourth-order valence-corrected chi connectivity index (χ4v) is 15.0. The van der Waals surface area contributed by atoms with Crippen LogP contribution in [0.2, 0.25) is 0 Å². The predicted molar refractivity (Wildman–Crippen MR) is 488 cm³/mol. The molecule has 2 fully saturated rings. The van der Waals surface area contributed by atoms with Gasteiger partial charge < -0.3 is 39.8 Å². The van der Waals surface area contributed by atoms with Gasteiger partial charge in [-0.2, -0.15) is 49.0 Å². The second-order valence-corrected chi connectivity index (χ2v) is 43.2. The van der Waals surface area contributed by atoms with Gasteiger partial charge in [-0.05, 0) is 223 Å². The van der Waals surface area contributed by atoms with Crippen LogP contribution in [0, 0.1) is 34.9 Å². The van der Waals surface area contributed by atoms with Gasteiger partial charge in [0, 0.05) is 67.7 Å². The molecule has 60 heteroatoms. The van der Waals surface area contributed by atoms with Crippen molar-refractivity contribution in [2.45, 2.75) is 140 Å². The Labute approximate surface area is 797 Å². The van der Waals surface area contributed by atoms with Crippen molar-refractivity contribution in [3.8, 4) is 11.1 Å². The number of carbonyl (C=O) groups excluding carboxylic acids is 6. The summed E-state index contributed by atoms with van der Waals surface area (Å²) >= 11 is 6.58. The summed E-state index contributed by atoms with van der Waals surface area (Å²) < 4.78 is 253. The number of nitrogens with two attached hydrogens (primary N) is 4. The van der Waals surface area contributed by atoms with Gasteiger partial charge in [-0.3, -0.25) is 28.9 Å². The summed E-state index contributed by atoms with van der Waals surface area (Å²) in [6.07, 6.45) is 6.85. The summed E-state index contributed by atoms with van der Waals surface area (Å²) in [5.41, 5.74) is -0.136. The van der Waals surface area contributed by atoms with Crippen molar-refractivity contribution in [1.29, 1.82) is 0 Å². The zero-order valence-electron chi connectivity index (χ0n) is 71.8. The van der Waals surface area contributed by atoms with Gasteiger partial charge in [-0.15, -0.1) is 0 Å². The van der Waals surface area contributed by atoms with Gasteiger partial charge in [-0.25, -0.2) is 107 Å². The van der Waals surface area contributed by atoms with Crippen LogP contribution in [0.5, 0.6) is 0 Å². The Morgan fingerprint density at radius 1 is 0.559 bits per heavy atom. The molecule has 6 aromatic heterocycles. The number of ketones is 3. The predicted octanol–water partition coefficient (Wildman–Crippen LogP) is 9.56. The first-order valence-electron chi connectivity index (χ1n) is 38.3. The number of aromatic amines is 1. The molecule has 734 valence electrons. The number of primary sulfonamides is 2. The number of nitrogen functional groups attached to an aromatic ring is 1. The second kappa shape index (κ2) is 45.9. The highest BCUT2D eigenvalue weighted by atomic mass is 79.9. The maximum absolute atomic E-state index is 15.4. The van der Waals surface area contributed by atoms with E-state index in [4.69, 9.17) is 66.0 Å². The third-order valence-electron chi connectivity index (χ3n) is 16.8. The van der Waals surface area contributed by atoms with Crippen LogP contribution < -0.4 is 45.5 Å². The van der Waals surface area contributed by atoms with E-state index in [9.17, 15) is 96.4 Å². The molecular formula is C76H81BBr2Cl2F6N18O25S6. The number of benzene rings is 5. The van der Waals surface area contributed by atoms with Crippen molar-refractivity contribution in [1.82, 2.24) is 54.2 Å². The lowest BCUT2D eigenvalue weighted by atomic mass is 9.81. The molecule has 0 aliphatic carbocycles. The quantitative estimate of drug-likeness (QED) is 0.00681. The summed E-state index contributed by atoms with van der Waals surface area (Å²) in [6, 6.07) is 20.2. The number of H-pyrrole nitrogens is 1. The van der Waals surface area contributed by atoms with Crippen LogP contribution >= 0.6 is 53.2 Å². The van der Waals surface area contributed by atoms with Gasteiger partial charge in [0.2, 0.25) is 37.4 Å². The minimum Gasteiger partial charge on any atom is -0.443 e. The Hall–Kier alpha value is -11.1.